The van der Waals surface area contributed by atoms with Gasteiger partial charge in [-0.15, -0.1) is 11.3 Å². The molecule has 60 heavy (non-hydrogen) atoms. The van der Waals surface area contributed by atoms with Crippen LogP contribution in [-0.2, 0) is 0 Å². The minimum absolute atomic E-state index is 0.851. The molecule has 0 amide bonds. The fourth-order valence-electron chi connectivity index (χ4n) is 9.51. The Bertz CT molecular complexity index is 3850. The number of nitrogens with zero attached hydrogens (tertiary/aromatic N) is 1. The van der Waals surface area contributed by atoms with Crippen molar-refractivity contribution in [3.63, 3.8) is 0 Å². The molecule has 0 saturated heterocycles. The van der Waals surface area contributed by atoms with Crippen molar-refractivity contribution in [2.75, 3.05) is 4.90 Å². The molecule has 4 heteroatoms. The van der Waals surface area contributed by atoms with Gasteiger partial charge in [0.15, 0.2) is 0 Å². The summed E-state index contributed by atoms with van der Waals surface area (Å²) < 4.78 is 16.1. The molecule has 0 bridgehead atoms. The Balaban J connectivity index is 1.05. The molecule has 13 aromatic rings. The summed E-state index contributed by atoms with van der Waals surface area (Å²) in [6.07, 6.45) is 0. The van der Waals surface area contributed by atoms with Gasteiger partial charge in [-0.05, 0) is 94.2 Å². The molecule has 0 aliphatic carbocycles. The molecule has 0 saturated carbocycles. The van der Waals surface area contributed by atoms with Crippen LogP contribution >= 0.6 is 11.3 Å². The van der Waals surface area contributed by atoms with Crippen molar-refractivity contribution in [2.24, 2.45) is 0 Å². The Morgan fingerprint density at radius 1 is 0.350 bits per heavy atom. The molecule has 0 unspecified atom stereocenters. The summed E-state index contributed by atoms with van der Waals surface area (Å²) in [5.41, 5.74) is 11.3. The zero-order valence-electron chi connectivity index (χ0n) is 32.2. The van der Waals surface area contributed by atoms with E-state index in [2.05, 4.69) is 205 Å². The quantitative estimate of drug-likeness (QED) is 0.174. The molecule has 3 heterocycles. The molecule has 3 aromatic heterocycles. The largest absolute Gasteiger partial charge is 0.455 e. The van der Waals surface area contributed by atoms with E-state index in [-0.39, 0.29) is 0 Å². The van der Waals surface area contributed by atoms with Gasteiger partial charge in [0.2, 0.25) is 0 Å². The molecule has 0 spiro atoms. The SMILES string of the molecule is c1ccc(N(c2ccc(-c3ccc4sc5ccccc5c4c3)cc2)c2cccc3oc4c5ccccc5ccc4c23)c(-c2cccc3oc4c5ccccc5ccc4c23)c1. The van der Waals surface area contributed by atoms with Crippen LogP contribution in [0.15, 0.2) is 209 Å². The summed E-state index contributed by atoms with van der Waals surface area (Å²) in [5, 5.41) is 11.5. The molecular formula is C56H33NO2S. The predicted octanol–water partition coefficient (Wildman–Crippen LogP) is 17.0. The average molecular weight is 784 g/mol. The Kier molecular flexibility index (Phi) is 7.18. The zero-order chi connectivity index (χ0) is 39.3. The second-order valence-electron chi connectivity index (χ2n) is 15.6. The smallest absolute Gasteiger partial charge is 0.143 e. The van der Waals surface area contributed by atoms with E-state index in [0.717, 1.165) is 93.6 Å². The van der Waals surface area contributed by atoms with Gasteiger partial charge in [-0.3, -0.25) is 0 Å². The molecule has 0 fully saturated rings. The summed E-state index contributed by atoms with van der Waals surface area (Å²) in [7, 11) is 0. The first kappa shape index (κ1) is 33.3. The molecule has 0 aliphatic heterocycles. The van der Waals surface area contributed by atoms with Crippen molar-refractivity contribution in [2.45, 2.75) is 0 Å². The molecule has 0 N–H and O–H groups in total. The number of anilines is 3. The van der Waals surface area contributed by atoms with Gasteiger partial charge in [0.25, 0.3) is 0 Å². The summed E-state index contributed by atoms with van der Waals surface area (Å²) in [6.45, 7) is 0. The number of benzene rings is 10. The number of hydrogen-bond acceptors (Lipinski definition) is 4. The lowest BCUT2D eigenvalue weighted by atomic mass is 9.95. The Labute approximate surface area is 348 Å². The maximum absolute atomic E-state index is 6.77. The van der Waals surface area contributed by atoms with Crippen LogP contribution in [0, 0.1) is 0 Å². The molecule has 0 radical (unpaired) electrons. The van der Waals surface area contributed by atoms with Gasteiger partial charge in [0, 0.05) is 58.4 Å². The van der Waals surface area contributed by atoms with Crippen molar-refractivity contribution in [3.05, 3.63) is 200 Å². The number of para-hydroxylation sites is 1. The van der Waals surface area contributed by atoms with E-state index in [1.165, 1.54) is 31.3 Å². The fourth-order valence-corrected chi connectivity index (χ4v) is 10.6. The van der Waals surface area contributed by atoms with Crippen molar-refractivity contribution >= 4 is 114 Å². The van der Waals surface area contributed by atoms with E-state index >= 15 is 0 Å². The van der Waals surface area contributed by atoms with Crippen LogP contribution in [0.4, 0.5) is 17.1 Å². The van der Waals surface area contributed by atoms with E-state index in [4.69, 9.17) is 8.83 Å². The molecule has 0 aliphatic rings. The minimum atomic E-state index is 0.851. The van der Waals surface area contributed by atoms with Gasteiger partial charge in [0.1, 0.15) is 22.3 Å². The van der Waals surface area contributed by atoms with Gasteiger partial charge in [-0.1, -0.05) is 133 Å². The molecule has 13 rings (SSSR count). The third-order valence-electron chi connectivity index (χ3n) is 12.3. The van der Waals surface area contributed by atoms with E-state index in [1.807, 2.05) is 11.3 Å². The number of rotatable bonds is 5. The summed E-state index contributed by atoms with van der Waals surface area (Å²) in [6, 6.07) is 72.0. The second kappa shape index (κ2) is 12.9. The van der Waals surface area contributed by atoms with Crippen LogP contribution in [-0.4, -0.2) is 0 Å². The molecular weight excluding hydrogens is 751 g/mol. The fraction of sp³-hybridized carbons (Fsp3) is 0. The van der Waals surface area contributed by atoms with Gasteiger partial charge in [-0.2, -0.15) is 0 Å². The van der Waals surface area contributed by atoms with Crippen LogP contribution in [0.3, 0.4) is 0 Å². The zero-order valence-corrected chi connectivity index (χ0v) is 33.0. The number of fused-ring (bicyclic) bond motifs is 13. The Hall–Kier alpha value is -7.66. The first-order valence-corrected chi connectivity index (χ1v) is 21.1. The van der Waals surface area contributed by atoms with Crippen molar-refractivity contribution in [1.29, 1.82) is 0 Å². The maximum Gasteiger partial charge on any atom is 0.143 e. The highest BCUT2D eigenvalue weighted by Gasteiger charge is 2.24. The van der Waals surface area contributed by atoms with Crippen LogP contribution in [0.1, 0.15) is 0 Å². The summed E-state index contributed by atoms with van der Waals surface area (Å²) in [5.74, 6) is 0. The van der Waals surface area contributed by atoms with Crippen molar-refractivity contribution in [1.82, 2.24) is 0 Å². The first-order chi connectivity index (χ1) is 29.7. The van der Waals surface area contributed by atoms with E-state index in [0.29, 0.717) is 0 Å². The lowest BCUT2D eigenvalue weighted by Gasteiger charge is -2.29. The number of hydrogen-bond donors (Lipinski definition) is 0. The molecule has 10 aromatic carbocycles. The highest BCUT2D eigenvalue weighted by molar-refractivity contribution is 7.25. The van der Waals surface area contributed by atoms with Gasteiger partial charge in [0.05, 0.1) is 16.8 Å². The van der Waals surface area contributed by atoms with E-state index < -0.39 is 0 Å². The normalized spacial score (nSPS) is 12.0. The first-order valence-electron chi connectivity index (χ1n) is 20.3. The Morgan fingerprint density at radius 3 is 1.68 bits per heavy atom. The predicted molar refractivity (Wildman–Crippen MR) is 254 cm³/mol. The summed E-state index contributed by atoms with van der Waals surface area (Å²) in [4.78, 5) is 2.41. The van der Waals surface area contributed by atoms with Crippen LogP contribution < -0.4 is 4.90 Å². The Morgan fingerprint density at radius 2 is 0.917 bits per heavy atom. The van der Waals surface area contributed by atoms with Crippen molar-refractivity contribution in [3.8, 4) is 22.3 Å². The topological polar surface area (TPSA) is 29.5 Å². The van der Waals surface area contributed by atoms with Gasteiger partial charge >= 0.3 is 0 Å². The van der Waals surface area contributed by atoms with Crippen LogP contribution in [0.25, 0.3) is 108 Å². The van der Waals surface area contributed by atoms with Crippen molar-refractivity contribution < 1.29 is 8.83 Å². The lowest BCUT2D eigenvalue weighted by molar-refractivity contribution is 0.672. The standard InChI is InChI=1S/C56H33NO2S/c1-3-13-39-35(11-1)25-30-44-53-43(17-9-20-49(53)58-55(39)44)41-15-5-7-18-47(41)57(48-19-10-21-50-54(48)45-31-26-36-12-2-4-14-40(36)56(45)59-50)38-28-23-34(24-29-38)37-27-32-52-46(33-37)42-16-6-8-22-51(42)60-52/h1-33H. The second-order valence-corrected chi connectivity index (χ2v) is 16.7. The summed E-state index contributed by atoms with van der Waals surface area (Å²) >= 11 is 1.85. The third kappa shape index (κ3) is 4.95. The average Bonchev–Trinajstić information content (AvgIpc) is 4.01. The van der Waals surface area contributed by atoms with Gasteiger partial charge in [-0.25, -0.2) is 0 Å². The van der Waals surface area contributed by atoms with E-state index in [9.17, 15) is 0 Å². The van der Waals surface area contributed by atoms with Crippen LogP contribution in [0.5, 0.6) is 0 Å². The maximum atomic E-state index is 6.77. The number of thiophene rings is 1. The monoisotopic (exact) mass is 783 g/mol. The number of furan rings is 2. The van der Waals surface area contributed by atoms with E-state index in [1.54, 1.807) is 0 Å². The lowest BCUT2D eigenvalue weighted by Crippen LogP contribution is -2.11. The third-order valence-corrected chi connectivity index (χ3v) is 13.4. The minimum Gasteiger partial charge on any atom is -0.455 e. The highest BCUT2D eigenvalue weighted by Crippen LogP contribution is 2.49. The van der Waals surface area contributed by atoms with Gasteiger partial charge < -0.3 is 13.7 Å². The van der Waals surface area contributed by atoms with Crippen LogP contribution in [0.2, 0.25) is 0 Å². The highest BCUT2D eigenvalue weighted by atomic mass is 32.1. The molecule has 280 valence electrons. The molecule has 3 nitrogen and oxygen atoms in total. The molecule has 0 atom stereocenters.